The molecule has 132 valence electrons. The zero-order chi connectivity index (χ0) is 18.0. The minimum absolute atomic E-state index is 0.0533. The number of rotatable bonds is 6. The van der Waals surface area contributed by atoms with Crippen molar-refractivity contribution in [3.8, 4) is 5.75 Å². The number of ether oxygens (including phenoxy) is 1. The molecule has 0 bridgehead atoms. The summed E-state index contributed by atoms with van der Waals surface area (Å²) in [6.07, 6.45) is 1.90. The molecule has 3 aromatic rings. The van der Waals surface area contributed by atoms with Crippen molar-refractivity contribution in [2.45, 2.75) is 46.7 Å². The van der Waals surface area contributed by atoms with Gasteiger partial charge in [-0.1, -0.05) is 12.1 Å². The van der Waals surface area contributed by atoms with Gasteiger partial charge < -0.3 is 14.5 Å². The van der Waals surface area contributed by atoms with E-state index in [1.807, 2.05) is 45.2 Å². The molecule has 0 radical (unpaired) electrons. The van der Waals surface area contributed by atoms with E-state index < -0.39 is 0 Å². The molecular formula is C20H25N3O2. The number of hydrogen-bond donors (Lipinski definition) is 1. The van der Waals surface area contributed by atoms with Gasteiger partial charge in [-0.25, -0.2) is 9.97 Å². The third kappa shape index (κ3) is 3.66. The Bertz CT molecular complexity index is 873. The lowest BCUT2D eigenvalue weighted by Gasteiger charge is -2.20. The van der Waals surface area contributed by atoms with Gasteiger partial charge in [0, 0.05) is 28.9 Å². The quantitative estimate of drug-likeness (QED) is 0.708. The summed E-state index contributed by atoms with van der Waals surface area (Å²) in [7, 11) is 0. The van der Waals surface area contributed by atoms with Crippen LogP contribution in [0.5, 0.6) is 5.75 Å². The first kappa shape index (κ1) is 17.4. The maximum absolute atomic E-state index is 6.08. The van der Waals surface area contributed by atoms with Crippen LogP contribution in [0.3, 0.4) is 0 Å². The third-order valence-electron chi connectivity index (χ3n) is 4.36. The lowest BCUT2D eigenvalue weighted by atomic mass is 10.1. The summed E-state index contributed by atoms with van der Waals surface area (Å²) in [6.45, 7) is 10.7. The van der Waals surface area contributed by atoms with Gasteiger partial charge in [-0.3, -0.25) is 0 Å². The summed E-state index contributed by atoms with van der Waals surface area (Å²) < 4.78 is 11.7. The highest BCUT2D eigenvalue weighted by Gasteiger charge is 2.18. The number of aromatic nitrogens is 2. The van der Waals surface area contributed by atoms with Crippen molar-refractivity contribution < 1.29 is 9.15 Å². The zero-order valence-corrected chi connectivity index (χ0v) is 15.5. The second-order valence-corrected chi connectivity index (χ2v) is 6.32. The molecule has 0 amide bonds. The Labute approximate surface area is 148 Å². The van der Waals surface area contributed by atoms with Gasteiger partial charge in [-0.05, 0) is 46.8 Å². The highest BCUT2D eigenvalue weighted by molar-refractivity contribution is 5.83. The number of para-hydroxylation sites is 1. The molecule has 0 fully saturated rings. The van der Waals surface area contributed by atoms with Crippen molar-refractivity contribution in [2.24, 2.45) is 0 Å². The summed E-state index contributed by atoms with van der Waals surface area (Å²) in [6, 6.07) is 8.21. The van der Waals surface area contributed by atoms with Crippen molar-refractivity contribution in [2.75, 3.05) is 6.61 Å². The smallest absolute Gasteiger partial charge is 0.176 e. The fraction of sp³-hybridized carbons (Fsp3) is 0.400. The van der Waals surface area contributed by atoms with E-state index in [2.05, 4.69) is 35.2 Å². The largest absolute Gasteiger partial charge is 0.490 e. The Morgan fingerprint density at radius 1 is 1.20 bits per heavy atom. The Morgan fingerprint density at radius 2 is 2.00 bits per heavy atom. The van der Waals surface area contributed by atoms with Crippen molar-refractivity contribution in [3.63, 3.8) is 0 Å². The fourth-order valence-corrected chi connectivity index (χ4v) is 3.10. The Morgan fingerprint density at radius 3 is 2.72 bits per heavy atom. The van der Waals surface area contributed by atoms with Gasteiger partial charge in [0.05, 0.1) is 12.6 Å². The van der Waals surface area contributed by atoms with E-state index in [4.69, 9.17) is 9.15 Å². The van der Waals surface area contributed by atoms with Crippen molar-refractivity contribution in [1.29, 1.82) is 0 Å². The molecule has 5 heteroatoms. The molecule has 0 aliphatic rings. The molecule has 0 aliphatic carbocycles. The van der Waals surface area contributed by atoms with Gasteiger partial charge in [-0.15, -0.1) is 0 Å². The van der Waals surface area contributed by atoms with Gasteiger partial charge in [0.15, 0.2) is 11.3 Å². The number of aryl methyl sites for hydroxylation is 2. The number of nitrogens with one attached hydrogen (secondary N) is 1. The minimum Gasteiger partial charge on any atom is -0.490 e. The van der Waals surface area contributed by atoms with Crippen LogP contribution >= 0.6 is 0 Å². The highest BCUT2D eigenvalue weighted by atomic mass is 16.5. The molecule has 2 unspecified atom stereocenters. The molecule has 2 aromatic heterocycles. The molecule has 5 nitrogen and oxygen atoms in total. The van der Waals surface area contributed by atoms with E-state index in [0.29, 0.717) is 6.61 Å². The molecule has 2 atom stereocenters. The van der Waals surface area contributed by atoms with Crippen LogP contribution in [0.2, 0.25) is 0 Å². The summed E-state index contributed by atoms with van der Waals surface area (Å²) in [5, 5.41) is 4.62. The summed E-state index contributed by atoms with van der Waals surface area (Å²) in [5.74, 6) is 2.47. The lowest BCUT2D eigenvalue weighted by Crippen LogP contribution is -2.23. The van der Waals surface area contributed by atoms with Crippen LogP contribution in [-0.4, -0.2) is 16.6 Å². The maximum Gasteiger partial charge on any atom is 0.176 e. The highest BCUT2D eigenvalue weighted by Crippen LogP contribution is 2.32. The second-order valence-electron chi connectivity index (χ2n) is 6.32. The number of benzene rings is 1. The molecule has 1 aromatic carbocycles. The minimum atomic E-state index is 0.0533. The summed E-state index contributed by atoms with van der Waals surface area (Å²) in [5.41, 5.74) is 2.90. The first-order chi connectivity index (χ1) is 12.0. The predicted octanol–water partition coefficient (Wildman–Crippen LogP) is 4.65. The van der Waals surface area contributed by atoms with E-state index in [0.717, 1.165) is 39.6 Å². The number of furan rings is 1. The van der Waals surface area contributed by atoms with E-state index >= 15 is 0 Å². The van der Waals surface area contributed by atoms with Gasteiger partial charge in [0.25, 0.3) is 0 Å². The van der Waals surface area contributed by atoms with Crippen LogP contribution in [0.1, 0.15) is 55.7 Å². The Balaban J connectivity index is 1.82. The predicted molar refractivity (Wildman–Crippen MR) is 98.9 cm³/mol. The van der Waals surface area contributed by atoms with Gasteiger partial charge >= 0.3 is 0 Å². The molecule has 0 saturated heterocycles. The normalized spacial score (nSPS) is 13.8. The maximum atomic E-state index is 6.08. The van der Waals surface area contributed by atoms with Crippen molar-refractivity contribution in [1.82, 2.24) is 15.3 Å². The lowest BCUT2D eigenvalue weighted by molar-refractivity contribution is 0.335. The average molecular weight is 339 g/mol. The standard InChI is InChI=1S/C20H25N3O2/c1-6-24-18-9-7-8-16-10-19(25-20(16)18)14(4)22-12(2)17-11-21-15(5)23-13(17)3/h7-12,14,22H,6H2,1-5H3. The van der Waals surface area contributed by atoms with Crippen molar-refractivity contribution in [3.05, 3.63) is 53.3 Å². The number of nitrogens with zero attached hydrogens (tertiary/aromatic N) is 2. The van der Waals surface area contributed by atoms with Crippen LogP contribution < -0.4 is 10.1 Å². The zero-order valence-electron chi connectivity index (χ0n) is 15.5. The van der Waals surface area contributed by atoms with Crippen LogP contribution in [0, 0.1) is 13.8 Å². The molecule has 0 saturated carbocycles. The van der Waals surface area contributed by atoms with Crippen LogP contribution in [-0.2, 0) is 0 Å². The van der Waals surface area contributed by atoms with Crippen LogP contribution in [0.25, 0.3) is 11.0 Å². The van der Waals surface area contributed by atoms with Crippen LogP contribution in [0.4, 0.5) is 0 Å². The van der Waals surface area contributed by atoms with E-state index in [-0.39, 0.29) is 12.1 Å². The SMILES string of the molecule is CCOc1cccc2cc(C(C)NC(C)c3cnc(C)nc3C)oc12. The second kappa shape index (κ2) is 7.23. The Hall–Kier alpha value is -2.40. The van der Waals surface area contributed by atoms with E-state index in [1.54, 1.807) is 0 Å². The number of hydrogen-bond acceptors (Lipinski definition) is 5. The molecule has 1 N–H and O–H groups in total. The molecule has 3 rings (SSSR count). The van der Waals surface area contributed by atoms with Crippen LogP contribution in [0.15, 0.2) is 34.9 Å². The van der Waals surface area contributed by atoms with E-state index in [9.17, 15) is 0 Å². The van der Waals surface area contributed by atoms with Gasteiger partial charge in [0.2, 0.25) is 0 Å². The average Bonchev–Trinajstić information content (AvgIpc) is 3.00. The fourth-order valence-electron chi connectivity index (χ4n) is 3.10. The summed E-state index contributed by atoms with van der Waals surface area (Å²) in [4.78, 5) is 8.77. The van der Waals surface area contributed by atoms with E-state index in [1.165, 1.54) is 0 Å². The third-order valence-corrected chi connectivity index (χ3v) is 4.36. The monoisotopic (exact) mass is 339 g/mol. The topological polar surface area (TPSA) is 60.2 Å². The Kier molecular flexibility index (Phi) is 5.04. The molecule has 0 spiro atoms. The molecule has 0 aliphatic heterocycles. The van der Waals surface area contributed by atoms with Gasteiger partial charge in [0.1, 0.15) is 11.6 Å². The van der Waals surface area contributed by atoms with Crippen molar-refractivity contribution >= 4 is 11.0 Å². The first-order valence-corrected chi connectivity index (χ1v) is 8.71. The molecule has 2 heterocycles. The van der Waals surface area contributed by atoms with Gasteiger partial charge in [-0.2, -0.15) is 0 Å². The molecule has 25 heavy (non-hydrogen) atoms. The first-order valence-electron chi connectivity index (χ1n) is 8.71. The summed E-state index contributed by atoms with van der Waals surface area (Å²) >= 11 is 0. The number of fused-ring (bicyclic) bond motifs is 1. The molecular weight excluding hydrogens is 314 g/mol.